The highest BCUT2D eigenvalue weighted by Gasteiger charge is 2.22. The lowest BCUT2D eigenvalue weighted by Crippen LogP contribution is -2.31. The monoisotopic (exact) mass is 537 g/mol. The van der Waals surface area contributed by atoms with E-state index in [0.29, 0.717) is 29.6 Å². The number of rotatable bonds is 10. The quantitative estimate of drug-likeness (QED) is 0.270. The van der Waals surface area contributed by atoms with Gasteiger partial charge in [-0.15, -0.1) is 0 Å². The van der Waals surface area contributed by atoms with Gasteiger partial charge in [-0.2, -0.15) is 0 Å². The molecule has 0 spiro atoms. The summed E-state index contributed by atoms with van der Waals surface area (Å²) in [6.07, 6.45) is 7.49. The zero-order valence-electron chi connectivity index (χ0n) is 18.1. The number of carbonyl (C=O) groups excluding carboxylic acids is 1. The molecule has 0 unspecified atom stereocenters. The first-order chi connectivity index (χ1) is 15.4. The Balaban J connectivity index is 1.79. The Labute approximate surface area is 207 Å². The number of hydrogen-bond acceptors (Lipinski definition) is 2. The Bertz CT molecular complexity index is 1110. The van der Waals surface area contributed by atoms with Crippen LogP contribution in [0.15, 0.2) is 40.9 Å². The van der Waals surface area contributed by atoms with Gasteiger partial charge in [0.05, 0.1) is 23.6 Å². The fourth-order valence-corrected chi connectivity index (χ4v) is 4.23. The first-order valence-corrected chi connectivity index (χ1v) is 12.2. The van der Waals surface area contributed by atoms with Gasteiger partial charge in [0.15, 0.2) is 11.0 Å². The van der Waals surface area contributed by atoms with E-state index in [1.165, 1.54) is 0 Å². The maximum Gasteiger partial charge on any atom is 0.282 e. The van der Waals surface area contributed by atoms with Crippen LogP contribution in [0.4, 0.5) is 0 Å². The summed E-state index contributed by atoms with van der Waals surface area (Å²) < 4.78 is 5.45. The molecule has 0 aliphatic heterocycles. The van der Waals surface area contributed by atoms with Gasteiger partial charge >= 0.3 is 0 Å². The molecule has 1 heterocycles. The van der Waals surface area contributed by atoms with Crippen molar-refractivity contribution in [1.29, 1.82) is 0 Å². The fourth-order valence-electron chi connectivity index (χ4n) is 3.65. The Kier molecular flexibility index (Phi) is 9.17. The van der Waals surface area contributed by atoms with Crippen molar-refractivity contribution in [2.75, 3.05) is 13.1 Å². The summed E-state index contributed by atoms with van der Waals surface area (Å²) in [6, 6.07) is 12.0. The van der Waals surface area contributed by atoms with Gasteiger partial charge in [-0.3, -0.25) is 4.79 Å². The highest BCUT2D eigenvalue weighted by molar-refractivity contribution is 9.10. The number of nitrogens with two attached hydrogens (primary N) is 1. The summed E-state index contributed by atoms with van der Waals surface area (Å²) in [5.74, 6) is 1.12. The molecule has 0 saturated carbocycles. The van der Waals surface area contributed by atoms with Crippen molar-refractivity contribution in [3.05, 3.63) is 62.3 Å². The van der Waals surface area contributed by atoms with E-state index in [1.807, 2.05) is 31.3 Å². The largest absolute Gasteiger partial charge is 0.355 e. The van der Waals surface area contributed by atoms with Crippen LogP contribution >= 0.6 is 39.1 Å². The lowest BCUT2D eigenvalue weighted by atomic mass is 10.2. The molecule has 3 rings (SSSR count). The van der Waals surface area contributed by atoms with Crippen LogP contribution in [0, 0.1) is 0 Å². The van der Waals surface area contributed by atoms with Gasteiger partial charge in [0, 0.05) is 42.2 Å². The number of nitrogens with zero attached hydrogens (tertiary/aromatic N) is 2. The summed E-state index contributed by atoms with van der Waals surface area (Å²) in [7, 11) is 2.03. The van der Waals surface area contributed by atoms with Crippen molar-refractivity contribution in [3.8, 4) is 0 Å². The second kappa shape index (κ2) is 11.8. The number of aromatic nitrogens is 2. The maximum absolute atomic E-state index is 11.8. The van der Waals surface area contributed by atoms with Crippen molar-refractivity contribution >= 4 is 68.2 Å². The number of unbranched alkanes of at least 4 members (excludes halogenated alkanes) is 2. The van der Waals surface area contributed by atoms with Crippen molar-refractivity contribution in [1.82, 2.24) is 9.88 Å². The SMILES string of the molecule is C[n+]1c(/C=C/c2ccc(Br)cc2)n(CCCCCC(=O)NCCN)c2cc(Cl)c(Cl)cc21. The molecule has 0 aliphatic rings. The van der Waals surface area contributed by atoms with Gasteiger partial charge < -0.3 is 11.1 Å². The first-order valence-electron chi connectivity index (χ1n) is 10.7. The zero-order valence-corrected chi connectivity index (χ0v) is 21.2. The Morgan fingerprint density at radius 2 is 1.84 bits per heavy atom. The number of benzene rings is 2. The van der Waals surface area contributed by atoms with E-state index in [9.17, 15) is 4.79 Å². The standard InChI is InChI=1S/C24H27BrCl2N4O/c1-30-21-15-19(26)20(27)16-22(21)31(14-4-2-3-5-23(32)29-13-12-28)24(30)11-8-17-6-9-18(25)10-7-17/h6-11,15-16H,2-5,12-14,28H2,1H3/p+1/b11-8+. The summed E-state index contributed by atoms with van der Waals surface area (Å²) in [4.78, 5) is 11.8. The molecule has 1 aromatic heterocycles. The van der Waals surface area contributed by atoms with Crippen LogP contribution < -0.4 is 15.6 Å². The van der Waals surface area contributed by atoms with E-state index in [0.717, 1.165) is 52.7 Å². The lowest BCUT2D eigenvalue weighted by Gasteiger charge is -2.04. The molecule has 170 valence electrons. The highest BCUT2D eigenvalue weighted by atomic mass is 79.9. The van der Waals surface area contributed by atoms with Gasteiger partial charge in [-0.05, 0) is 43.0 Å². The molecule has 0 aliphatic carbocycles. The van der Waals surface area contributed by atoms with E-state index in [-0.39, 0.29) is 5.91 Å². The van der Waals surface area contributed by atoms with E-state index in [1.54, 1.807) is 0 Å². The Hall–Kier alpha value is -1.86. The maximum atomic E-state index is 11.8. The summed E-state index contributed by atoms with van der Waals surface area (Å²) in [6.45, 7) is 1.81. The number of carbonyl (C=O) groups is 1. The number of amides is 1. The molecule has 0 radical (unpaired) electrons. The van der Waals surface area contributed by atoms with Crippen LogP contribution in [-0.2, 0) is 18.4 Å². The van der Waals surface area contributed by atoms with Gasteiger partial charge in [0.1, 0.15) is 0 Å². The number of imidazole rings is 1. The Morgan fingerprint density at radius 1 is 1.12 bits per heavy atom. The van der Waals surface area contributed by atoms with Crippen LogP contribution in [0.1, 0.15) is 37.1 Å². The average molecular weight is 539 g/mol. The summed E-state index contributed by atoms with van der Waals surface area (Å²) >= 11 is 16.1. The first kappa shape index (κ1) is 24.8. The molecule has 0 saturated heterocycles. The number of hydrogen-bond donors (Lipinski definition) is 2. The topological polar surface area (TPSA) is 63.9 Å². The molecule has 3 N–H and O–H groups in total. The third kappa shape index (κ3) is 6.35. The number of nitrogens with one attached hydrogen (secondary N) is 1. The minimum absolute atomic E-state index is 0.0628. The molecule has 1 amide bonds. The molecular weight excluding hydrogens is 511 g/mol. The van der Waals surface area contributed by atoms with E-state index < -0.39 is 0 Å². The van der Waals surface area contributed by atoms with E-state index >= 15 is 0 Å². The lowest BCUT2D eigenvalue weighted by molar-refractivity contribution is -0.647. The molecule has 0 atom stereocenters. The van der Waals surface area contributed by atoms with Crippen LogP contribution in [-0.4, -0.2) is 23.6 Å². The molecule has 2 aromatic carbocycles. The molecule has 5 nitrogen and oxygen atoms in total. The van der Waals surface area contributed by atoms with Crippen LogP contribution in [0.5, 0.6) is 0 Å². The molecule has 0 fully saturated rings. The summed E-state index contributed by atoms with van der Waals surface area (Å²) in [5.41, 5.74) is 8.60. The van der Waals surface area contributed by atoms with Crippen molar-refractivity contribution in [2.45, 2.75) is 32.2 Å². The number of fused-ring (bicyclic) bond motifs is 1. The van der Waals surface area contributed by atoms with E-state index in [2.05, 4.69) is 54.7 Å². The van der Waals surface area contributed by atoms with E-state index in [4.69, 9.17) is 28.9 Å². The zero-order chi connectivity index (χ0) is 23.1. The molecule has 0 bridgehead atoms. The Morgan fingerprint density at radius 3 is 2.56 bits per heavy atom. The van der Waals surface area contributed by atoms with Crippen molar-refractivity contribution in [2.24, 2.45) is 12.8 Å². The fraction of sp³-hybridized carbons (Fsp3) is 0.333. The van der Waals surface area contributed by atoms with Crippen molar-refractivity contribution < 1.29 is 9.36 Å². The number of halogens is 3. The molecule has 32 heavy (non-hydrogen) atoms. The third-order valence-corrected chi connectivity index (χ3v) is 6.59. The second-order valence-corrected chi connectivity index (χ2v) is 9.39. The van der Waals surface area contributed by atoms with Crippen molar-refractivity contribution in [3.63, 3.8) is 0 Å². The molecular formula is C24H28BrCl2N4O+. The average Bonchev–Trinajstić information content (AvgIpc) is 3.02. The van der Waals surface area contributed by atoms with Gasteiger partial charge in [0.2, 0.25) is 5.91 Å². The highest BCUT2D eigenvalue weighted by Crippen LogP contribution is 2.28. The van der Waals surface area contributed by atoms with Crippen LogP contribution in [0.2, 0.25) is 10.0 Å². The molecule has 8 heteroatoms. The van der Waals surface area contributed by atoms with Gasteiger partial charge in [-0.25, -0.2) is 9.13 Å². The van der Waals surface area contributed by atoms with Crippen LogP contribution in [0.3, 0.4) is 0 Å². The smallest absolute Gasteiger partial charge is 0.282 e. The summed E-state index contributed by atoms with van der Waals surface area (Å²) in [5, 5.41) is 3.89. The second-order valence-electron chi connectivity index (χ2n) is 7.66. The third-order valence-electron chi connectivity index (χ3n) is 5.34. The minimum atomic E-state index is 0.0628. The predicted molar refractivity (Wildman–Crippen MR) is 137 cm³/mol. The number of aryl methyl sites for hydroxylation is 2. The molecule has 3 aromatic rings. The minimum Gasteiger partial charge on any atom is -0.355 e. The van der Waals surface area contributed by atoms with Gasteiger partial charge in [-0.1, -0.05) is 51.3 Å². The predicted octanol–water partition coefficient (Wildman–Crippen LogP) is 5.34. The normalized spacial score (nSPS) is 11.5. The van der Waals surface area contributed by atoms with Gasteiger partial charge in [0.25, 0.3) is 5.82 Å². The van der Waals surface area contributed by atoms with Crippen LogP contribution in [0.25, 0.3) is 23.2 Å².